The van der Waals surface area contributed by atoms with E-state index in [1.54, 1.807) is 0 Å². The fraction of sp³-hybridized carbons (Fsp3) is 0.600. The number of benzene rings is 1. The minimum atomic E-state index is 0.410. The van der Waals surface area contributed by atoms with Gasteiger partial charge in [0.1, 0.15) is 0 Å². The van der Waals surface area contributed by atoms with Gasteiger partial charge in [-0.05, 0) is 49.8 Å². The molecule has 0 amide bonds. The van der Waals surface area contributed by atoms with Crippen molar-refractivity contribution >= 4 is 23.2 Å². The fourth-order valence-electron chi connectivity index (χ4n) is 3.66. The van der Waals surface area contributed by atoms with E-state index in [4.69, 9.17) is 28.9 Å². The Kier molecular flexibility index (Phi) is 4.04. The highest BCUT2D eigenvalue weighted by Crippen LogP contribution is 2.35. The molecule has 2 atom stereocenters. The summed E-state index contributed by atoms with van der Waals surface area (Å²) < 4.78 is 0. The molecule has 4 heteroatoms. The van der Waals surface area contributed by atoms with Crippen molar-refractivity contribution in [3.63, 3.8) is 0 Å². The lowest BCUT2D eigenvalue weighted by atomic mass is 9.97. The monoisotopic (exact) mass is 298 g/mol. The molecule has 0 spiro atoms. The molecule has 2 aliphatic rings. The summed E-state index contributed by atoms with van der Waals surface area (Å²) >= 11 is 12.2. The molecule has 2 unspecified atom stereocenters. The summed E-state index contributed by atoms with van der Waals surface area (Å²) in [6.07, 6.45) is 5.94. The van der Waals surface area contributed by atoms with Crippen molar-refractivity contribution in [2.75, 3.05) is 6.54 Å². The first-order valence-electron chi connectivity index (χ1n) is 7.09. The second-order valence-electron chi connectivity index (χ2n) is 5.84. The van der Waals surface area contributed by atoms with E-state index < -0.39 is 0 Å². The summed E-state index contributed by atoms with van der Waals surface area (Å²) in [5, 5.41) is 1.49. The van der Waals surface area contributed by atoms with E-state index in [1.807, 2.05) is 18.2 Å². The molecule has 0 aromatic heterocycles. The van der Waals surface area contributed by atoms with Crippen molar-refractivity contribution in [1.29, 1.82) is 0 Å². The van der Waals surface area contributed by atoms with Crippen molar-refractivity contribution in [3.8, 4) is 0 Å². The van der Waals surface area contributed by atoms with E-state index in [1.165, 1.54) is 18.4 Å². The summed E-state index contributed by atoms with van der Waals surface area (Å²) in [6.45, 7) is 1.09. The molecule has 2 aliphatic heterocycles. The predicted molar refractivity (Wildman–Crippen MR) is 80.9 cm³/mol. The van der Waals surface area contributed by atoms with E-state index in [0.717, 1.165) is 30.8 Å². The standard InChI is InChI=1S/C15H20Cl2N2/c16-11-2-1-10(15(17)7-11)5-6-19-13-3-4-14(19)9-12(18)8-13/h1-2,7,12-14H,3-6,8-9,18H2. The first-order chi connectivity index (χ1) is 9.13. The molecule has 104 valence electrons. The Morgan fingerprint density at radius 2 is 1.84 bits per heavy atom. The summed E-state index contributed by atoms with van der Waals surface area (Å²) in [7, 11) is 0. The number of hydrogen-bond acceptors (Lipinski definition) is 2. The molecule has 2 saturated heterocycles. The zero-order valence-electron chi connectivity index (χ0n) is 11.0. The van der Waals surface area contributed by atoms with Crippen LogP contribution in [0, 0.1) is 0 Å². The Labute approximate surface area is 124 Å². The Morgan fingerprint density at radius 3 is 2.47 bits per heavy atom. The number of rotatable bonds is 3. The number of hydrogen-bond donors (Lipinski definition) is 1. The van der Waals surface area contributed by atoms with Gasteiger partial charge in [0.15, 0.2) is 0 Å². The van der Waals surface area contributed by atoms with Crippen molar-refractivity contribution in [2.24, 2.45) is 5.73 Å². The van der Waals surface area contributed by atoms with Gasteiger partial charge in [-0.3, -0.25) is 4.90 Å². The van der Waals surface area contributed by atoms with Crippen LogP contribution in [0.3, 0.4) is 0 Å². The van der Waals surface area contributed by atoms with Gasteiger partial charge in [-0.2, -0.15) is 0 Å². The molecule has 1 aromatic carbocycles. The van der Waals surface area contributed by atoms with E-state index in [9.17, 15) is 0 Å². The molecule has 0 radical (unpaired) electrons. The van der Waals surface area contributed by atoms with Crippen molar-refractivity contribution in [1.82, 2.24) is 4.90 Å². The number of piperidine rings is 1. The van der Waals surface area contributed by atoms with Crippen LogP contribution in [0.25, 0.3) is 0 Å². The van der Waals surface area contributed by atoms with Crippen LogP contribution >= 0.6 is 23.2 Å². The van der Waals surface area contributed by atoms with E-state index in [2.05, 4.69) is 4.90 Å². The maximum Gasteiger partial charge on any atom is 0.0453 e. The maximum absolute atomic E-state index is 6.24. The van der Waals surface area contributed by atoms with Crippen LogP contribution < -0.4 is 5.73 Å². The van der Waals surface area contributed by atoms with Gasteiger partial charge in [0.2, 0.25) is 0 Å². The minimum Gasteiger partial charge on any atom is -0.328 e. The van der Waals surface area contributed by atoms with Crippen LogP contribution in [-0.2, 0) is 6.42 Å². The van der Waals surface area contributed by atoms with Crippen LogP contribution in [0.2, 0.25) is 10.0 Å². The van der Waals surface area contributed by atoms with Gasteiger partial charge in [0.05, 0.1) is 0 Å². The van der Waals surface area contributed by atoms with Crippen molar-refractivity contribution < 1.29 is 0 Å². The molecular weight excluding hydrogens is 279 g/mol. The summed E-state index contributed by atoms with van der Waals surface area (Å²) in [6, 6.07) is 7.60. The molecule has 2 nitrogen and oxygen atoms in total. The molecule has 0 saturated carbocycles. The smallest absolute Gasteiger partial charge is 0.0453 e. The van der Waals surface area contributed by atoms with Crippen LogP contribution in [-0.4, -0.2) is 29.6 Å². The number of halogens is 2. The number of nitrogens with two attached hydrogens (primary N) is 1. The van der Waals surface area contributed by atoms with Gasteiger partial charge in [-0.15, -0.1) is 0 Å². The molecule has 1 aromatic rings. The second-order valence-corrected chi connectivity index (χ2v) is 6.68. The molecule has 2 bridgehead atoms. The lowest BCUT2D eigenvalue weighted by Crippen LogP contribution is -2.48. The highest BCUT2D eigenvalue weighted by molar-refractivity contribution is 6.35. The van der Waals surface area contributed by atoms with Gasteiger partial charge in [-0.25, -0.2) is 0 Å². The topological polar surface area (TPSA) is 29.3 Å². The number of fused-ring (bicyclic) bond motifs is 2. The first kappa shape index (κ1) is 13.7. The molecular formula is C15H20Cl2N2. The van der Waals surface area contributed by atoms with Crippen LogP contribution in [0.4, 0.5) is 0 Å². The maximum atomic E-state index is 6.24. The zero-order valence-corrected chi connectivity index (χ0v) is 12.5. The van der Waals surface area contributed by atoms with Gasteiger partial charge in [-0.1, -0.05) is 29.3 Å². The third-order valence-corrected chi connectivity index (χ3v) is 5.16. The summed E-state index contributed by atoms with van der Waals surface area (Å²) in [5.41, 5.74) is 7.30. The highest BCUT2D eigenvalue weighted by atomic mass is 35.5. The molecule has 3 rings (SSSR count). The predicted octanol–water partition coefficient (Wildman–Crippen LogP) is 3.49. The SMILES string of the molecule is NC1CC2CCC(C1)N2CCc1ccc(Cl)cc1Cl. The molecule has 0 aliphatic carbocycles. The molecule has 2 N–H and O–H groups in total. The third kappa shape index (κ3) is 2.92. The Bertz CT molecular complexity index is 449. The second kappa shape index (κ2) is 5.61. The third-order valence-electron chi connectivity index (χ3n) is 4.58. The molecule has 19 heavy (non-hydrogen) atoms. The Hall–Kier alpha value is -0.280. The lowest BCUT2D eigenvalue weighted by molar-refractivity contribution is 0.129. The van der Waals surface area contributed by atoms with Crippen LogP contribution in [0.5, 0.6) is 0 Å². The van der Waals surface area contributed by atoms with Gasteiger partial charge >= 0.3 is 0 Å². The summed E-state index contributed by atoms with van der Waals surface area (Å²) in [4.78, 5) is 2.65. The largest absolute Gasteiger partial charge is 0.328 e. The van der Waals surface area contributed by atoms with Crippen LogP contribution in [0.1, 0.15) is 31.2 Å². The number of nitrogens with zero attached hydrogens (tertiary/aromatic N) is 1. The van der Waals surface area contributed by atoms with Gasteiger partial charge in [0.25, 0.3) is 0 Å². The molecule has 2 heterocycles. The van der Waals surface area contributed by atoms with Crippen molar-refractivity contribution in [3.05, 3.63) is 33.8 Å². The van der Waals surface area contributed by atoms with Crippen molar-refractivity contribution in [2.45, 2.75) is 50.2 Å². The van der Waals surface area contributed by atoms with Gasteiger partial charge < -0.3 is 5.73 Å². The van der Waals surface area contributed by atoms with E-state index in [-0.39, 0.29) is 0 Å². The Morgan fingerprint density at radius 1 is 1.16 bits per heavy atom. The van der Waals surface area contributed by atoms with E-state index >= 15 is 0 Å². The molecule has 2 fully saturated rings. The van der Waals surface area contributed by atoms with Gasteiger partial charge in [0, 0.05) is 34.7 Å². The van der Waals surface area contributed by atoms with E-state index in [0.29, 0.717) is 23.1 Å². The fourth-order valence-corrected chi connectivity index (χ4v) is 4.16. The normalized spacial score (nSPS) is 30.8. The lowest BCUT2D eigenvalue weighted by Gasteiger charge is -2.37. The first-order valence-corrected chi connectivity index (χ1v) is 7.84. The average molecular weight is 299 g/mol. The summed E-state index contributed by atoms with van der Waals surface area (Å²) in [5.74, 6) is 0. The zero-order chi connectivity index (χ0) is 13.4. The van der Waals surface area contributed by atoms with Crippen LogP contribution in [0.15, 0.2) is 18.2 Å². The quantitative estimate of drug-likeness (QED) is 0.925. The average Bonchev–Trinajstić information content (AvgIpc) is 2.60. The minimum absolute atomic E-state index is 0.410. The highest BCUT2D eigenvalue weighted by Gasteiger charge is 2.38. The Balaban J connectivity index is 1.64.